The average molecular weight is 159 g/mol. The molecule has 0 aromatic carbocycles. The first kappa shape index (κ1) is 9.94. The predicted octanol–water partition coefficient (Wildman–Crippen LogP) is 0.363. The monoisotopic (exact) mass is 159 g/mol. The number of hydrogen-bond donors (Lipinski definition) is 2. The van der Waals surface area contributed by atoms with Crippen LogP contribution < -0.4 is 5.73 Å². The molecule has 0 heterocycles. The van der Waals surface area contributed by atoms with E-state index in [9.17, 15) is 9.59 Å². The van der Waals surface area contributed by atoms with Crippen molar-refractivity contribution in [3.05, 3.63) is 0 Å². The van der Waals surface area contributed by atoms with Crippen LogP contribution in [0.15, 0.2) is 0 Å². The van der Waals surface area contributed by atoms with Gasteiger partial charge in [-0.25, -0.2) is 0 Å². The van der Waals surface area contributed by atoms with E-state index in [4.69, 9.17) is 10.8 Å². The van der Waals surface area contributed by atoms with Gasteiger partial charge in [0.2, 0.25) is 5.91 Å². The standard InChI is InChI=1S/C7H13NO3/c1-2-5(7(8)11)3-4-6(9)10/h5H,2-4H2,1H3,(H2,8,11)(H,9,10)/t5-/m1/s1. The van der Waals surface area contributed by atoms with Gasteiger partial charge in [0, 0.05) is 12.3 Å². The Hall–Kier alpha value is -1.06. The van der Waals surface area contributed by atoms with Crippen LogP contribution in [-0.4, -0.2) is 17.0 Å². The maximum absolute atomic E-state index is 10.6. The fourth-order valence-electron chi connectivity index (χ4n) is 0.845. The maximum atomic E-state index is 10.6. The van der Waals surface area contributed by atoms with Crippen LogP contribution in [0.3, 0.4) is 0 Å². The highest BCUT2D eigenvalue weighted by molar-refractivity contribution is 5.77. The summed E-state index contributed by atoms with van der Waals surface area (Å²) < 4.78 is 0. The van der Waals surface area contributed by atoms with E-state index in [1.807, 2.05) is 6.92 Å². The van der Waals surface area contributed by atoms with Crippen molar-refractivity contribution in [1.82, 2.24) is 0 Å². The number of hydrogen-bond acceptors (Lipinski definition) is 2. The summed E-state index contributed by atoms with van der Waals surface area (Å²) >= 11 is 0. The highest BCUT2D eigenvalue weighted by atomic mass is 16.4. The first-order valence-electron chi connectivity index (χ1n) is 3.59. The molecule has 0 fully saturated rings. The largest absolute Gasteiger partial charge is 0.481 e. The van der Waals surface area contributed by atoms with Crippen molar-refractivity contribution < 1.29 is 14.7 Å². The zero-order valence-electron chi connectivity index (χ0n) is 6.54. The Bertz CT molecular complexity index is 156. The van der Waals surface area contributed by atoms with Crippen LogP contribution in [0.2, 0.25) is 0 Å². The number of aliphatic carboxylic acids is 1. The predicted molar refractivity (Wildman–Crippen MR) is 39.8 cm³/mol. The zero-order valence-corrected chi connectivity index (χ0v) is 6.54. The van der Waals surface area contributed by atoms with E-state index in [-0.39, 0.29) is 12.3 Å². The van der Waals surface area contributed by atoms with Crippen LogP contribution in [0.5, 0.6) is 0 Å². The number of carboxylic acids is 1. The van der Waals surface area contributed by atoms with Gasteiger partial charge >= 0.3 is 5.97 Å². The molecule has 0 aliphatic heterocycles. The third kappa shape index (κ3) is 4.36. The summed E-state index contributed by atoms with van der Waals surface area (Å²) in [5.74, 6) is -1.58. The molecule has 3 N–H and O–H groups in total. The molecule has 0 aromatic rings. The molecular weight excluding hydrogens is 146 g/mol. The normalized spacial score (nSPS) is 12.5. The number of nitrogens with two attached hydrogens (primary N) is 1. The molecular formula is C7H13NO3. The lowest BCUT2D eigenvalue weighted by atomic mass is 10.00. The Balaban J connectivity index is 3.70. The van der Waals surface area contributed by atoms with Crippen molar-refractivity contribution in [1.29, 1.82) is 0 Å². The molecule has 11 heavy (non-hydrogen) atoms. The third-order valence-corrected chi connectivity index (χ3v) is 1.60. The molecule has 1 amide bonds. The number of primary amides is 1. The minimum atomic E-state index is -0.885. The second-order valence-electron chi connectivity index (χ2n) is 2.44. The molecule has 4 nitrogen and oxygen atoms in total. The number of rotatable bonds is 5. The summed E-state index contributed by atoms with van der Waals surface area (Å²) in [5, 5.41) is 8.29. The van der Waals surface area contributed by atoms with Crippen molar-refractivity contribution in [2.45, 2.75) is 26.2 Å². The van der Waals surface area contributed by atoms with Gasteiger partial charge in [0.25, 0.3) is 0 Å². The van der Waals surface area contributed by atoms with Crippen molar-refractivity contribution >= 4 is 11.9 Å². The van der Waals surface area contributed by atoms with Crippen LogP contribution in [-0.2, 0) is 9.59 Å². The molecule has 0 saturated carbocycles. The van der Waals surface area contributed by atoms with Crippen LogP contribution in [0.4, 0.5) is 0 Å². The molecule has 0 bridgehead atoms. The summed E-state index contributed by atoms with van der Waals surface area (Å²) in [4.78, 5) is 20.7. The number of amides is 1. The van der Waals surface area contributed by atoms with E-state index in [1.54, 1.807) is 0 Å². The highest BCUT2D eigenvalue weighted by Gasteiger charge is 2.13. The van der Waals surface area contributed by atoms with E-state index in [1.165, 1.54) is 0 Å². The average Bonchev–Trinajstić information content (AvgIpc) is 1.87. The summed E-state index contributed by atoms with van der Waals surface area (Å²) in [6, 6.07) is 0. The topological polar surface area (TPSA) is 80.4 Å². The molecule has 0 rings (SSSR count). The van der Waals surface area contributed by atoms with E-state index in [2.05, 4.69) is 0 Å². The van der Waals surface area contributed by atoms with Gasteiger partial charge in [-0.2, -0.15) is 0 Å². The quantitative estimate of drug-likeness (QED) is 0.607. The molecule has 0 spiro atoms. The highest BCUT2D eigenvalue weighted by Crippen LogP contribution is 2.09. The van der Waals surface area contributed by atoms with Gasteiger partial charge in [-0.15, -0.1) is 0 Å². The summed E-state index contributed by atoms with van der Waals surface area (Å²) in [5.41, 5.74) is 5.00. The fourth-order valence-corrected chi connectivity index (χ4v) is 0.845. The molecule has 4 heteroatoms. The molecule has 0 aromatic heterocycles. The molecule has 0 radical (unpaired) electrons. The molecule has 0 unspecified atom stereocenters. The minimum Gasteiger partial charge on any atom is -0.481 e. The second-order valence-corrected chi connectivity index (χ2v) is 2.44. The van der Waals surface area contributed by atoms with Gasteiger partial charge in [-0.05, 0) is 12.8 Å². The molecule has 0 saturated heterocycles. The van der Waals surface area contributed by atoms with Gasteiger partial charge in [-0.3, -0.25) is 9.59 Å². The van der Waals surface area contributed by atoms with Crippen LogP contribution >= 0.6 is 0 Å². The van der Waals surface area contributed by atoms with Crippen molar-refractivity contribution in [3.63, 3.8) is 0 Å². The van der Waals surface area contributed by atoms with Gasteiger partial charge < -0.3 is 10.8 Å². The van der Waals surface area contributed by atoms with Gasteiger partial charge in [-0.1, -0.05) is 6.92 Å². The van der Waals surface area contributed by atoms with Crippen LogP contribution in [0, 0.1) is 5.92 Å². The minimum absolute atomic E-state index is 0.0153. The Morgan fingerprint density at radius 3 is 2.36 bits per heavy atom. The first-order valence-corrected chi connectivity index (χ1v) is 3.59. The van der Waals surface area contributed by atoms with E-state index < -0.39 is 11.9 Å². The lowest BCUT2D eigenvalue weighted by molar-refractivity contribution is -0.137. The Morgan fingerprint density at radius 2 is 2.09 bits per heavy atom. The van der Waals surface area contributed by atoms with Crippen molar-refractivity contribution in [2.24, 2.45) is 11.7 Å². The lowest BCUT2D eigenvalue weighted by Gasteiger charge is -2.07. The number of carbonyl (C=O) groups is 2. The molecule has 64 valence electrons. The fraction of sp³-hybridized carbons (Fsp3) is 0.714. The van der Waals surface area contributed by atoms with E-state index in [0.29, 0.717) is 12.8 Å². The number of carbonyl (C=O) groups excluding carboxylic acids is 1. The lowest BCUT2D eigenvalue weighted by Crippen LogP contribution is -2.23. The van der Waals surface area contributed by atoms with Gasteiger partial charge in [0.1, 0.15) is 0 Å². The molecule has 0 aliphatic rings. The Morgan fingerprint density at radius 1 is 1.55 bits per heavy atom. The summed E-state index contributed by atoms with van der Waals surface area (Å²) in [6.45, 7) is 1.82. The van der Waals surface area contributed by atoms with E-state index in [0.717, 1.165) is 0 Å². The first-order chi connectivity index (χ1) is 5.07. The molecule has 0 aliphatic carbocycles. The summed E-state index contributed by atoms with van der Waals surface area (Å²) in [6.07, 6.45) is 0.977. The SMILES string of the molecule is CC[C@H](CCC(=O)O)C(N)=O. The van der Waals surface area contributed by atoms with Crippen LogP contribution in [0.1, 0.15) is 26.2 Å². The van der Waals surface area contributed by atoms with E-state index >= 15 is 0 Å². The second kappa shape index (κ2) is 4.71. The van der Waals surface area contributed by atoms with Crippen LogP contribution in [0.25, 0.3) is 0 Å². The van der Waals surface area contributed by atoms with Crippen molar-refractivity contribution in [2.75, 3.05) is 0 Å². The van der Waals surface area contributed by atoms with Gasteiger partial charge in [0.15, 0.2) is 0 Å². The zero-order chi connectivity index (χ0) is 8.85. The Kier molecular flexibility index (Phi) is 4.26. The van der Waals surface area contributed by atoms with Gasteiger partial charge in [0.05, 0.1) is 0 Å². The number of carboxylic acid groups (broad SMARTS) is 1. The third-order valence-electron chi connectivity index (χ3n) is 1.60. The summed E-state index contributed by atoms with van der Waals surface area (Å²) in [7, 11) is 0. The van der Waals surface area contributed by atoms with Crippen molar-refractivity contribution in [3.8, 4) is 0 Å². The maximum Gasteiger partial charge on any atom is 0.303 e. The smallest absolute Gasteiger partial charge is 0.303 e. The Labute approximate surface area is 65.4 Å². The molecule has 1 atom stereocenters.